The van der Waals surface area contributed by atoms with Crippen LogP contribution in [0.5, 0.6) is 0 Å². The van der Waals surface area contributed by atoms with Crippen LogP contribution in [0.25, 0.3) is 0 Å². The summed E-state index contributed by atoms with van der Waals surface area (Å²) in [4.78, 5) is 40.4. The van der Waals surface area contributed by atoms with Gasteiger partial charge in [-0.15, -0.1) is 0 Å². The molecule has 0 spiro atoms. The number of carboxylic acid groups (broad SMARTS) is 1. The van der Waals surface area contributed by atoms with E-state index in [-0.39, 0.29) is 23.7 Å². The minimum absolute atomic E-state index is 0.0105. The Labute approximate surface area is 231 Å². The number of furan rings is 1. The molecule has 2 aromatic carbocycles. The molecule has 0 saturated heterocycles. The molecule has 202 valence electrons. The highest BCUT2D eigenvalue weighted by atomic mass is 32.2. The molecule has 0 aliphatic heterocycles. The van der Waals surface area contributed by atoms with E-state index >= 15 is 0 Å². The minimum atomic E-state index is -3.05. The SMILES string of the molecule is Cc1ccoc1C(=O)Nc1cccc(C#Cc2cncc(C(=O)N=S(C)(=O)c3ccc(CCC(=O)O)cc3)c2)c1. The number of amides is 2. The number of aryl methyl sites for hydroxylation is 2. The number of hydrogen-bond acceptors (Lipinski definition) is 6. The molecule has 0 aliphatic carbocycles. The number of pyridine rings is 1. The molecule has 0 fully saturated rings. The summed E-state index contributed by atoms with van der Waals surface area (Å²) in [5.41, 5.74) is 3.26. The minimum Gasteiger partial charge on any atom is -0.481 e. The fourth-order valence-corrected chi connectivity index (χ4v) is 4.83. The van der Waals surface area contributed by atoms with Gasteiger partial charge in [0, 0.05) is 52.3 Å². The molecule has 0 bridgehead atoms. The van der Waals surface area contributed by atoms with E-state index in [1.54, 1.807) is 61.5 Å². The van der Waals surface area contributed by atoms with Crippen molar-refractivity contribution >= 4 is 33.2 Å². The van der Waals surface area contributed by atoms with Crippen molar-refractivity contribution in [1.29, 1.82) is 0 Å². The Morgan fingerprint density at radius 3 is 2.48 bits per heavy atom. The summed E-state index contributed by atoms with van der Waals surface area (Å²) in [6, 6.07) is 16.7. The van der Waals surface area contributed by atoms with Crippen LogP contribution >= 0.6 is 0 Å². The van der Waals surface area contributed by atoms with Gasteiger partial charge in [-0.2, -0.15) is 4.36 Å². The molecule has 0 radical (unpaired) electrons. The highest BCUT2D eigenvalue weighted by Gasteiger charge is 2.14. The first-order chi connectivity index (χ1) is 19.1. The van der Waals surface area contributed by atoms with Crippen molar-refractivity contribution in [1.82, 2.24) is 4.98 Å². The number of carbonyl (C=O) groups is 3. The Morgan fingerprint density at radius 1 is 1.02 bits per heavy atom. The van der Waals surface area contributed by atoms with Gasteiger partial charge in [0.05, 0.1) is 21.6 Å². The van der Waals surface area contributed by atoms with Crippen molar-refractivity contribution in [2.24, 2.45) is 4.36 Å². The zero-order chi connectivity index (χ0) is 28.7. The standard InChI is InChI=1S/C30H25N3O6S/c1-20-14-15-39-28(20)30(37)32-25-5-3-4-22(17-25)6-7-23-16-24(19-31-18-23)29(36)33-40(2,38)26-11-8-21(9-12-26)10-13-27(34)35/h3-5,8-9,11-12,14-19H,10,13H2,1-2H3,(H,32,37)(H,34,35). The highest BCUT2D eigenvalue weighted by Crippen LogP contribution is 2.17. The molecule has 2 N–H and O–H groups in total. The lowest BCUT2D eigenvalue weighted by Crippen LogP contribution is -2.12. The molecular weight excluding hydrogens is 530 g/mol. The van der Waals surface area contributed by atoms with Crippen molar-refractivity contribution < 1.29 is 28.1 Å². The Morgan fingerprint density at radius 2 is 1.77 bits per heavy atom. The first-order valence-corrected chi connectivity index (χ1v) is 14.0. The normalized spacial score (nSPS) is 11.9. The second kappa shape index (κ2) is 12.2. The van der Waals surface area contributed by atoms with Crippen LogP contribution in [0.4, 0.5) is 5.69 Å². The summed E-state index contributed by atoms with van der Waals surface area (Å²) in [6.45, 7) is 1.78. The smallest absolute Gasteiger partial charge is 0.303 e. The van der Waals surface area contributed by atoms with Crippen LogP contribution in [-0.2, 0) is 20.9 Å². The zero-order valence-electron chi connectivity index (χ0n) is 21.7. The molecule has 9 nitrogen and oxygen atoms in total. The van der Waals surface area contributed by atoms with Crippen molar-refractivity contribution in [3.63, 3.8) is 0 Å². The van der Waals surface area contributed by atoms with E-state index in [1.165, 1.54) is 31.0 Å². The van der Waals surface area contributed by atoms with Crippen LogP contribution in [0.2, 0.25) is 0 Å². The Kier molecular flexibility index (Phi) is 8.57. The molecule has 4 aromatic rings. The molecule has 4 rings (SSSR count). The lowest BCUT2D eigenvalue weighted by Gasteiger charge is -2.06. The lowest BCUT2D eigenvalue weighted by molar-refractivity contribution is -0.136. The molecular formula is C30H25N3O6S. The third-order valence-corrected chi connectivity index (χ3v) is 7.43. The number of rotatable bonds is 7. The Balaban J connectivity index is 1.48. The molecule has 0 saturated carbocycles. The van der Waals surface area contributed by atoms with Gasteiger partial charge in [-0.1, -0.05) is 30.0 Å². The van der Waals surface area contributed by atoms with Crippen molar-refractivity contribution in [3.8, 4) is 11.8 Å². The maximum absolute atomic E-state index is 13.2. The van der Waals surface area contributed by atoms with Crippen molar-refractivity contribution in [2.45, 2.75) is 24.7 Å². The van der Waals surface area contributed by atoms with Gasteiger partial charge in [-0.05, 0) is 61.4 Å². The third-order valence-electron chi connectivity index (χ3n) is 5.77. The van der Waals surface area contributed by atoms with E-state index in [2.05, 4.69) is 26.5 Å². The first-order valence-electron chi connectivity index (χ1n) is 12.1. The molecule has 0 aliphatic rings. The number of benzene rings is 2. The van der Waals surface area contributed by atoms with Crippen LogP contribution in [0.1, 0.15) is 49.6 Å². The molecule has 1 atom stereocenters. The number of carbonyl (C=O) groups excluding carboxylic acids is 2. The van der Waals surface area contributed by atoms with Gasteiger partial charge in [0.15, 0.2) is 5.76 Å². The Bertz CT molecular complexity index is 1770. The van der Waals surface area contributed by atoms with Gasteiger partial charge in [-0.3, -0.25) is 19.4 Å². The van der Waals surface area contributed by atoms with E-state index in [0.29, 0.717) is 28.1 Å². The van der Waals surface area contributed by atoms with Crippen LogP contribution in [0, 0.1) is 18.8 Å². The van der Waals surface area contributed by atoms with E-state index < -0.39 is 21.6 Å². The highest BCUT2D eigenvalue weighted by molar-refractivity contribution is 7.93. The summed E-state index contributed by atoms with van der Waals surface area (Å²) < 4.78 is 22.3. The van der Waals surface area contributed by atoms with E-state index in [9.17, 15) is 18.6 Å². The number of carboxylic acids is 1. The second-order valence-electron chi connectivity index (χ2n) is 8.92. The van der Waals surface area contributed by atoms with Gasteiger partial charge in [0.1, 0.15) is 0 Å². The second-order valence-corrected chi connectivity index (χ2v) is 11.2. The maximum atomic E-state index is 13.2. The average molecular weight is 556 g/mol. The average Bonchev–Trinajstić information content (AvgIpc) is 3.37. The molecule has 1 unspecified atom stereocenters. The van der Waals surface area contributed by atoms with Crippen LogP contribution in [0.3, 0.4) is 0 Å². The third kappa shape index (κ3) is 7.30. The number of nitrogens with zero attached hydrogens (tertiary/aromatic N) is 2. The predicted octanol–water partition coefficient (Wildman–Crippen LogP) is 4.95. The topological polar surface area (TPSA) is 139 Å². The fourth-order valence-electron chi connectivity index (χ4n) is 3.66. The predicted molar refractivity (Wildman–Crippen MR) is 150 cm³/mol. The summed E-state index contributed by atoms with van der Waals surface area (Å²) in [6.07, 6.45) is 5.98. The molecule has 2 amide bonds. The Hall–Kier alpha value is -5.01. The molecule has 2 aromatic heterocycles. The molecule has 40 heavy (non-hydrogen) atoms. The quantitative estimate of drug-likeness (QED) is 0.308. The van der Waals surface area contributed by atoms with Crippen LogP contribution in [-0.4, -0.2) is 38.3 Å². The van der Waals surface area contributed by atoms with Gasteiger partial charge < -0.3 is 14.8 Å². The lowest BCUT2D eigenvalue weighted by atomic mass is 10.1. The van der Waals surface area contributed by atoms with Crippen LogP contribution < -0.4 is 5.32 Å². The van der Waals surface area contributed by atoms with Crippen molar-refractivity contribution in [2.75, 3.05) is 11.6 Å². The maximum Gasteiger partial charge on any atom is 0.303 e. The van der Waals surface area contributed by atoms with Crippen LogP contribution in [0.15, 0.2) is 93.0 Å². The number of anilines is 1. The fraction of sp³-hybridized carbons (Fsp3) is 0.133. The van der Waals surface area contributed by atoms with Crippen molar-refractivity contribution in [3.05, 3.63) is 113 Å². The summed E-state index contributed by atoms with van der Waals surface area (Å²) in [5.74, 6) is 4.20. The van der Waals surface area contributed by atoms with Gasteiger partial charge in [0.25, 0.3) is 11.8 Å². The summed E-state index contributed by atoms with van der Waals surface area (Å²) in [7, 11) is -3.05. The summed E-state index contributed by atoms with van der Waals surface area (Å²) in [5, 5.41) is 11.6. The number of aliphatic carboxylic acids is 1. The number of aromatic nitrogens is 1. The first kappa shape index (κ1) is 28.0. The monoisotopic (exact) mass is 555 g/mol. The van der Waals surface area contributed by atoms with Gasteiger partial charge in [-0.25, -0.2) is 4.21 Å². The largest absolute Gasteiger partial charge is 0.481 e. The number of nitrogens with one attached hydrogen (secondary N) is 1. The van der Waals surface area contributed by atoms with Gasteiger partial charge >= 0.3 is 5.97 Å². The molecule has 2 heterocycles. The summed E-state index contributed by atoms with van der Waals surface area (Å²) >= 11 is 0. The van der Waals surface area contributed by atoms with E-state index in [0.717, 1.165) is 11.1 Å². The zero-order valence-corrected chi connectivity index (χ0v) is 22.5. The number of hydrogen-bond donors (Lipinski definition) is 2. The van der Waals surface area contributed by atoms with Gasteiger partial charge in [0.2, 0.25) is 0 Å². The van der Waals surface area contributed by atoms with E-state index in [4.69, 9.17) is 9.52 Å². The van der Waals surface area contributed by atoms with E-state index in [1.807, 2.05) is 0 Å². The molecule has 10 heteroatoms.